The highest BCUT2D eigenvalue weighted by Crippen LogP contribution is 2.12. The van der Waals surface area contributed by atoms with Crippen molar-refractivity contribution in [2.75, 3.05) is 45.8 Å². The number of unbranched alkanes of at least 4 members (excludes halogenated alkanes) is 1. The Kier molecular flexibility index (Phi) is 15.0. The molecule has 1 heterocycles. The molecule has 0 saturated carbocycles. The lowest BCUT2D eigenvalue weighted by Crippen LogP contribution is -2.49. The number of halogens is 1. The number of piperidine rings is 1. The van der Waals surface area contributed by atoms with E-state index in [0.29, 0.717) is 12.1 Å². The Morgan fingerprint density at radius 2 is 1.76 bits per heavy atom. The van der Waals surface area contributed by atoms with Crippen LogP contribution in [-0.2, 0) is 0 Å². The van der Waals surface area contributed by atoms with Crippen molar-refractivity contribution in [2.24, 2.45) is 4.99 Å². The second kappa shape index (κ2) is 15.0. The van der Waals surface area contributed by atoms with Crippen LogP contribution in [0.2, 0.25) is 0 Å². The molecular weight excluding hydrogens is 425 g/mol. The van der Waals surface area contributed by atoms with E-state index in [1.165, 1.54) is 45.3 Å². The fourth-order valence-corrected chi connectivity index (χ4v) is 3.25. The maximum absolute atomic E-state index is 4.77. The van der Waals surface area contributed by atoms with Crippen molar-refractivity contribution in [3.05, 3.63) is 0 Å². The van der Waals surface area contributed by atoms with Gasteiger partial charge in [0.05, 0.1) is 0 Å². The van der Waals surface area contributed by atoms with Gasteiger partial charge in [-0.2, -0.15) is 0 Å². The van der Waals surface area contributed by atoms with Crippen molar-refractivity contribution in [3.8, 4) is 0 Å². The maximum Gasteiger partial charge on any atom is 0.191 e. The van der Waals surface area contributed by atoms with Gasteiger partial charge in [-0.3, -0.25) is 4.99 Å². The van der Waals surface area contributed by atoms with Gasteiger partial charge in [0.1, 0.15) is 0 Å². The predicted octanol–water partition coefficient (Wildman–Crippen LogP) is 3.15. The molecule has 6 heteroatoms. The topological polar surface area (TPSA) is 42.9 Å². The fraction of sp³-hybridized carbons (Fsp3) is 0.947. The van der Waals surface area contributed by atoms with Gasteiger partial charge in [-0.15, -0.1) is 24.0 Å². The molecule has 5 nitrogen and oxygen atoms in total. The van der Waals surface area contributed by atoms with Crippen LogP contribution in [0.3, 0.4) is 0 Å². The SMILES string of the molecule is CCNC(=NCCCCN(CC)CC)NC1CCN(C(C)C)CC1.I. The summed E-state index contributed by atoms with van der Waals surface area (Å²) in [6, 6.07) is 1.23. The van der Waals surface area contributed by atoms with E-state index >= 15 is 0 Å². The molecule has 150 valence electrons. The molecule has 0 spiro atoms. The minimum Gasteiger partial charge on any atom is -0.357 e. The summed E-state index contributed by atoms with van der Waals surface area (Å²) >= 11 is 0. The predicted molar refractivity (Wildman–Crippen MR) is 121 cm³/mol. The Hall–Kier alpha value is -0.0800. The molecule has 0 amide bonds. The first-order chi connectivity index (χ1) is 11.6. The van der Waals surface area contributed by atoms with Crippen LogP contribution in [0, 0.1) is 0 Å². The van der Waals surface area contributed by atoms with Gasteiger partial charge in [0.2, 0.25) is 0 Å². The molecule has 1 saturated heterocycles. The largest absolute Gasteiger partial charge is 0.357 e. The highest BCUT2D eigenvalue weighted by Gasteiger charge is 2.21. The van der Waals surface area contributed by atoms with E-state index in [4.69, 9.17) is 4.99 Å². The van der Waals surface area contributed by atoms with Gasteiger partial charge in [-0.1, -0.05) is 13.8 Å². The summed E-state index contributed by atoms with van der Waals surface area (Å²) in [5.74, 6) is 1.00. The Morgan fingerprint density at radius 3 is 2.28 bits per heavy atom. The number of rotatable bonds is 10. The molecule has 2 N–H and O–H groups in total. The van der Waals surface area contributed by atoms with E-state index in [-0.39, 0.29) is 24.0 Å². The number of likely N-dealkylation sites (tertiary alicyclic amines) is 1. The lowest BCUT2D eigenvalue weighted by atomic mass is 10.0. The number of guanidine groups is 1. The summed E-state index contributed by atoms with van der Waals surface area (Å²) in [7, 11) is 0. The van der Waals surface area contributed by atoms with Crippen LogP contribution in [0.25, 0.3) is 0 Å². The van der Waals surface area contributed by atoms with E-state index in [2.05, 4.69) is 55.1 Å². The summed E-state index contributed by atoms with van der Waals surface area (Å²) in [6.07, 6.45) is 4.82. The standard InChI is InChI=1S/C19H41N5.HI/c1-6-20-19(21-13-9-10-14-23(7-2)8-3)22-18-11-15-24(16-12-18)17(4)5;/h17-18H,6-16H2,1-5H3,(H2,20,21,22);1H. The van der Waals surface area contributed by atoms with Gasteiger partial charge in [-0.05, 0) is 66.1 Å². The third-order valence-electron chi connectivity index (χ3n) is 4.99. The van der Waals surface area contributed by atoms with Gasteiger partial charge < -0.3 is 20.4 Å². The smallest absolute Gasteiger partial charge is 0.191 e. The molecule has 0 aromatic rings. The molecule has 0 aromatic heterocycles. The molecule has 0 bridgehead atoms. The Bertz CT molecular complexity index is 337. The zero-order chi connectivity index (χ0) is 17.8. The number of hydrogen-bond donors (Lipinski definition) is 2. The minimum atomic E-state index is 0. The third kappa shape index (κ3) is 10.6. The lowest BCUT2D eigenvalue weighted by Gasteiger charge is -2.35. The van der Waals surface area contributed by atoms with Gasteiger partial charge in [0, 0.05) is 38.3 Å². The normalized spacial score (nSPS) is 17.0. The van der Waals surface area contributed by atoms with Crippen LogP contribution < -0.4 is 10.6 Å². The summed E-state index contributed by atoms with van der Waals surface area (Å²) in [4.78, 5) is 9.82. The summed E-state index contributed by atoms with van der Waals surface area (Å²) in [5, 5.41) is 7.04. The summed E-state index contributed by atoms with van der Waals surface area (Å²) in [5.41, 5.74) is 0. The van der Waals surface area contributed by atoms with Crippen LogP contribution in [0.4, 0.5) is 0 Å². The number of nitrogens with one attached hydrogen (secondary N) is 2. The van der Waals surface area contributed by atoms with E-state index in [1.54, 1.807) is 0 Å². The molecule has 1 rings (SSSR count). The number of hydrogen-bond acceptors (Lipinski definition) is 3. The quantitative estimate of drug-likeness (QED) is 0.224. The molecule has 25 heavy (non-hydrogen) atoms. The molecular formula is C19H42IN5. The monoisotopic (exact) mass is 467 g/mol. The number of aliphatic imine (C=N–C) groups is 1. The van der Waals surface area contributed by atoms with Gasteiger partial charge in [0.15, 0.2) is 5.96 Å². The average molecular weight is 467 g/mol. The van der Waals surface area contributed by atoms with Crippen molar-refractivity contribution in [3.63, 3.8) is 0 Å². The molecule has 1 aliphatic heterocycles. The first-order valence-corrected chi connectivity index (χ1v) is 10.1. The zero-order valence-corrected chi connectivity index (χ0v) is 19.5. The fourth-order valence-electron chi connectivity index (χ4n) is 3.25. The first-order valence-electron chi connectivity index (χ1n) is 10.1. The molecule has 0 aromatic carbocycles. The van der Waals surface area contributed by atoms with Crippen LogP contribution in [0.1, 0.15) is 60.3 Å². The van der Waals surface area contributed by atoms with Gasteiger partial charge >= 0.3 is 0 Å². The van der Waals surface area contributed by atoms with Crippen molar-refractivity contribution in [1.82, 2.24) is 20.4 Å². The zero-order valence-electron chi connectivity index (χ0n) is 17.2. The van der Waals surface area contributed by atoms with E-state index in [1.807, 2.05) is 0 Å². The van der Waals surface area contributed by atoms with Crippen LogP contribution >= 0.6 is 24.0 Å². The van der Waals surface area contributed by atoms with Crippen LogP contribution in [-0.4, -0.2) is 73.7 Å². The van der Waals surface area contributed by atoms with Crippen LogP contribution in [0.15, 0.2) is 4.99 Å². The van der Waals surface area contributed by atoms with E-state index < -0.39 is 0 Å². The summed E-state index contributed by atoms with van der Waals surface area (Å²) < 4.78 is 0. The summed E-state index contributed by atoms with van der Waals surface area (Å²) in [6.45, 7) is 18.9. The molecule has 0 unspecified atom stereocenters. The van der Waals surface area contributed by atoms with E-state index in [0.717, 1.165) is 32.1 Å². The van der Waals surface area contributed by atoms with Gasteiger partial charge in [-0.25, -0.2) is 0 Å². The first kappa shape index (κ1) is 24.9. The van der Waals surface area contributed by atoms with E-state index in [9.17, 15) is 0 Å². The Morgan fingerprint density at radius 1 is 1.12 bits per heavy atom. The van der Waals surface area contributed by atoms with Crippen molar-refractivity contribution < 1.29 is 0 Å². The molecule has 1 fully saturated rings. The van der Waals surface area contributed by atoms with Crippen LogP contribution in [0.5, 0.6) is 0 Å². The number of nitrogens with zero attached hydrogens (tertiary/aromatic N) is 3. The van der Waals surface area contributed by atoms with Crippen molar-refractivity contribution in [1.29, 1.82) is 0 Å². The highest BCUT2D eigenvalue weighted by molar-refractivity contribution is 14.0. The average Bonchev–Trinajstić information content (AvgIpc) is 2.58. The Balaban J connectivity index is 0.00000576. The molecule has 0 atom stereocenters. The minimum absolute atomic E-state index is 0. The molecule has 0 aliphatic carbocycles. The molecule has 0 radical (unpaired) electrons. The lowest BCUT2D eigenvalue weighted by molar-refractivity contribution is 0.167. The highest BCUT2D eigenvalue weighted by atomic mass is 127. The Labute approximate surface area is 173 Å². The molecule has 1 aliphatic rings. The van der Waals surface area contributed by atoms with Crippen molar-refractivity contribution in [2.45, 2.75) is 72.4 Å². The second-order valence-electron chi connectivity index (χ2n) is 7.04. The third-order valence-corrected chi connectivity index (χ3v) is 4.99. The second-order valence-corrected chi connectivity index (χ2v) is 7.04. The van der Waals surface area contributed by atoms with Gasteiger partial charge in [0.25, 0.3) is 0 Å². The van der Waals surface area contributed by atoms with Crippen molar-refractivity contribution >= 4 is 29.9 Å². The maximum atomic E-state index is 4.77.